The molecule has 5 nitrogen and oxygen atoms in total. The fourth-order valence-electron chi connectivity index (χ4n) is 2.33. The molecule has 2 rings (SSSR count). The fraction of sp³-hybridized carbons (Fsp3) is 0.400. The second-order valence-electron chi connectivity index (χ2n) is 5.04. The van der Waals surface area contributed by atoms with Gasteiger partial charge in [0.2, 0.25) is 0 Å². The third-order valence-corrected chi connectivity index (χ3v) is 4.44. The van der Waals surface area contributed by atoms with E-state index in [0.29, 0.717) is 0 Å². The summed E-state index contributed by atoms with van der Waals surface area (Å²) >= 11 is 1.70. The average Bonchev–Trinajstić information content (AvgIpc) is 2.84. The molecule has 0 amide bonds. The van der Waals surface area contributed by atoms with E-state index in [-0.39, 0.29) is 16.7 Å². The van der Waals surface area contributed by atoms with Crippen LogP contribution in [0.25, 0.3) is 0 Å². The number of thiazole rings is 1. The first kappa shape index (κ1) is 15.6. The van der Waals surface area contributed by atoms with Crippen LogP contribution in [-0.4, -0.2) is 16.5 Å². The summed E-state index contributed by atoms with van der Waals surface area (Å²) in [5.74, 6) is 0. The second kappa shape index (κ2) is 6.78. The third kappa shape index (κ3) is 3.86. The minimum atomic E-state index is -0.329. The van der Waals surface area contributed by atoms with Gasteiger partial charge in [0.1, 0.15) is 0 Å². The van der Waals surface area contributed by atoms with Crippen molar-refractivity contribution in [2.75, 3.05) is 6.54 Å². The number of nitro benzene ring substituents is 1. The summed E-state index contributed by atoms with van der Waals surface area (Å²) in [6.07, 6.45) is 2.75. The maximum absolute atomic E-state index is 11.0. The first-order valence-corrected chi connectivity index (χ1v) is 7.69. The minimum Gasteiger partial charge on any atom is -0.310 e. The van der Waals surface area contributed by atoms with Crippen LogP contribution < -0.4 is 5.32 Å². The Hall–Kier alpha value is -1.79. The zero-order valence-electron chi connectivity index (χ0n) is 12.4. The van der Waals surface area contributed by atoms with E-state index in [1.165, 1.54) is 4.88 Å². The van der Waals surface area contributed by atoms with Crippen molar-refractivity contribution in [3.05, 3.63) is 55.5 Å². The van der Waals surface area contributed by atoms with Crippen molar-refractivity contribution in [2.45, 2.75) is 33.2 Å². The third-order valence-electron chi connectivity index (χ3n) is 3.47. The lowest BCUT2D eigenvalue weighted by atomic mass is 10.0. The maximum atomic E-state index is 11.0. The fourth-order valence-corrected chi connectivity index (χ4v) is 3.12. The molecule has 0 aliphatic heterocycles. The summed E-state index contributed by atoms with van der Waals surface area (Å²) in [6.45, 7) is 6.68. The largest absolute Gasteiger partial charge is 0.310 e. The molecule has 21 heavy (non-hydrogen) atoms. The predicted molar refractivity (Wildman–Crippen MR) is 84.8 cm³/mol. The summed E-state index contributed by atoms with van der Waals surface area (Å²) in [5.41, 5.74) is 1.88. The number of aromatic nitrogens is 1. The number of benzene rings is 1. The van der Waals surface area contributed by atoms with Crippen molar-refractivity contribution >= 4 is 17.0 Å². The highest BCUT2D eigenvalue weighted by Crippen LogP contribution is 2.25. The topological polar surface area (TPSA) is 68.1 Å². The lowest BCUT2D eigenvalue weighted by Crippen LogP contribution is -2.22. The van der Waals surface area contributed by atoms with Gasteiger partial charge in [-0.25, -0.2) is 4.98 Å². The Morgan fingerprint density at radius 2 is 2.19 bits per heavy atom. The van der Waals surface area contributed by atoms with Gasteiger partial charge in [-0.15, -0.1) is 11.3 Å². The average molecular weight is 305 g/mol. The molecule has 0 aliphatic rings. The Balaban J connectivity index is 1.98. The van der Waals surface area contributed by atoms with Gasteiger partial charge in [0.25, 0.3) is 5.69 Å². The first-order chi connectivity index (χ1) is 9.99. The van der Waals surface area contributed by atoms with Crippen LogP contribution in [0.5, 0.6) is 0 Å². The van der Waals surface area contributed by atoms with Gasteiger partial charge in [0, 0.05) is 41.7 Å². The number of rotatable bonds is 6. The van der Waals surface area contributed by atoms with E-state index in [9.17, 15) is 10.1 Å². The molecule has 0 fully saturated rings. The van der Waals surface area contributed by atoms with Gasteiger partial charge in [-0.3, -0.25) is 10.1 Å². The summed E-state index contributed by atoms with van der Waals surface area (Å²) in [7, 11) is 0. The molecule has 0 aliphatic carbocycles. The van der Waals surface area contributed by atoms with E-state index in [4.69, 9.17) is 0 Å². The lowest BCUT2D eigenvalue weighted by molar-refractivity contribution is -0.385. The molecule has 0 bridgehead atoms. The Morgan fingerprint density at radius 3 is 2.81 bits per heavy atom. The molecule has 112 valence electrons. The van der Waals surface area contributed by atoms with Crippen molar-refractivity contribution in [3.63, 3.8) is 0 Å². The molecule has 0 spiro atoms. The van der Waals surface area contributed by atoms with Crippen molar-refractivity contribution < 1.29 is 4.92 Å². The van der Waals surface area contributed by atoms with Crippen LogP contribution in [0, 0.1) is 24.0 Å². The monoisotopic (exact) mass is 305 g/mol. The van der Waals surface area contributed by atoms with E-state index < -0.39 is 0 Å². The van der Waals surface area contributed by atoms with Crippen LogP contribution in [0.1, 0.15) is 34.0 Å². The lowest BCUT2D eigenvalue weighted by Gasteiger charge is -2.16. The quantitative estimate of drug-likeness (QED) is 0.654. The number of nitrogens with zero attached hydrogens (tertiary/aromatic N) is 2. The SMILES string of the molecule is Cc1cnc(CCN[C@H](C)c2cccc([N+](=O)[O-])c2C)s1. The molecule has 0 unspecified atom stereocenters. The number of aryl methyl sites for hydroxylation is 1. The van der Waals surface area contributed by atoms with E-state index >= 15 is 0 Å². The summed E-state index contributed by atoms with van der Waals surface area (Å²) < 4.78 is 0. The Kier molecular flexibility index (Phi) is 5.03. The van der Waals surface area contributed by atoms with Gasteiger partial charge in [-0.05, 0) is 26.3 Å². The van der Waals surface area contributed by atoms with Gasteiger partial charge < -0.3 is 5.32 Å². The summed E-state index contributed by atoms with van der Waals surface area (Å²) in [6, 6.07) is 5.30. The molecule has 1 atom stereocenters. The highest BCUT2D eigenvalue weighted by atomic mass is 32.1. The number of hydrogen-bond acceptors (Lipinski definition) is 5. The molecule has 1 aromatic carbocycles. The van der Waals surface area contributed by atoms with E-state index in [1.807, 2.05) is 26.1 Å². The number of hydrogen-bond donors (Lipinski definition) is 1. The number of nitrogens with one attached hydrogen (secondary N) is 1. The van der Waals surface area contributed by atoms with Crippen LogP contribution in [0.3, 0.4) is 0 Å². The molecule has 6 heteroatoms. The summed E-state index contributed by atoms with van der Waals surface area (Å²) in [5, 5.41) is 15.5. The van der Waals surface area contributed by atoms with Crippen molar-refractivity contribution in [1.29, 1.82) is 0 Å². The number of nitro groups is 1. The van der Waals surface area contributed by atoms with Crippen molar-refractivity contribution in [1.82, 2.24) is 10.3 Å². The van der Waals surface area contributed by atoms with Gasteiger partial charge in [-0.1, -0.05) is 12.1 Å². The molecule has 0 saturated heterocycles. The Bertz CT molecular complexity index is 640. The molecular formula is C15H19N3O2S. The van der Waals surface area contributed by atoms with Gasteiger partial charge >= 0.3 is 0 Å². The zero-order chi connectivity index (χ0) is 15.4. The van der Waals surface area contributed by atoms with Crippen molar-refractivity contribution in [2.24, 2.45) is 0 Å². The van der Waals surface area contributed by atoms with E-state index in [0.717, 1.165) is 29.1 Å². The molecule has 1 N–H and O–H groups in total. The van der Waals surface area contributed by atoms with Crippen LogP contribution in [0.4, 0.5) is 5.69 Å². The van der Waals surface area contributed by atoms with Crippen LogP contribution in [-0.2, 0) is 6.42 Å². The Labute approximate surface area is 128 Å². The van der Waals surface area contributed by atoms with Crippen LogP contribution >= 0.6 is 11.3 Å². The standard InChI is InChI=1S/C15H19N3O2S/c1-10-9-17-15(21-10)7-8-16-12(3)13-5-4-6-14(11(13)2)18(19)20/h4-6,9,12,16H,7-8H2,1-3H3/t12-/m1/s1. The molecule has 1 heterocycles. The molecule has 2 aromatic rings. The second-order valence-corrected chi connectivity index (χ2v) is 6.36. The molecule has 1 aromatic heterocycles. The molecule has 0 saturated carbocycles. The Morgan fingerprint density at radius 1 is 1.43 bits per heavy atom. The first-order valence-electron chi connectivity index (χ1n) is 6.87. The molecule has 0 radical (unpaired) electrons. The van der Waals surface area contributed by atoms with Crippen LogP contribution in [0.2, 0.25) is 0 Å². The van der Waals surface area contributed by atoms with Crippen LogP contribution in [0.15, 0.2) is 24.4 Å². The summed E-state index contributed by atoms with van der Waals surface area (Å²) in [4.78, 5) is 16.2. The van der Waals surface area contributed by atoms with E-state index in [1.54, 1.807) is 30.4 Å². The van der Waals surface area contributed by atoms with Gasteiger partial charge in [0.15, 0.2) is 0 Å². The minimum absolute atomic E-state index is 0.0750. The molecular weight excluding hydrogens is 286 g/mol. The van der Waals surface area contributed by atoms with Gasteiger partial charge in [0.05, 0.1) is 9.93 Å². The van der Waals surface area contributed by atoms with E-state index in [2.05, 4.69) is 10.3 Å². The normalized spacial score (nSPS) is 12.3. The zero-order valence-corrected chi connectivity index (χ0v) is 13.2. The van der Waals surface area contributed by atoms with Crippen molar-refractivity contribution in [3.8, 4) is 0 Å². The predicted octanol–water partition coefficient (Wildman–Crippen LogP) is 3.56. The maximum Gasteiger partial charge on any atom is 0.272 e. The smallest absolute Gasteiger partial charge is 0.272 e. The highest BCUT2D eigenvalue weighted by Gasteiger charge is 2.16. The van der Waals surface area contributed by atoms with Gasteiger partial charge in [-0.2, -0.15) is 0 Å². The highest BCUT2D eigenvalue weighted by molar-refractivity contribution is 7.11.